The maximum Gasteiger partial charge on any atom is 0.287 e. The van der Waals surface area contributed by atoms with Crippen LogP contribution in [0.1, 0.15) is 21.5 Å². The summed E-state index contributed by atoms with van der Waals surface area (Å²) in [4.78, 5) is 25.2. The van der Waals surface area contributed by atoms with Gasteiger partial charge in [0.15, 0.2) is 0 Å². The first-order chi connectivity index (χ1) is 15.1. The molecule has 0 aromatic heterocycles. The number of methoxy groups -OCH3 is 1. The Morgan fingerprint density at radius 2 is 1.65 bits per heavy atom. The predicted molar refractivity (Wildman–Crippen MR) is 119 cm³/mol. The summed E-state index contributed by atoms with van der Waals surface area (Å²) >= 11 is 0. The number of ether oxygens (including phenoxy) is 1. The summed E-state index contributed by atoms with van der Waals surface area (Å²) in [6.07, 6.45) is 2.85. The Morgan fingerprint density at radius 1 is 0.968 bits per heavy atom. The van der Waals surface area contributed by atoms with Crippen LogP contribution in [0.5, 0.6) is 11.5 Å². The Kier molecular flexibility index (Phi) is 7.16. The van der Waals surface area contributed by atoms with Crippen molar-refractivity contribution in [3.05, 3.63) is 101 Å². The first-order valence-electron chi connectivity index (χ1n) is 9.40. The number of nitrogens with zero attached hydrogens (tertiary/aromatic N) is 1. The van der Waals surface area contributed by atoms with Gasteiger partial charge in [-0.25, -0.2) is 5.43 Å². The van der Waals surface area contributed by atoms with Crippen LogP contribution in [-0.2, 0) is 4.79 Å². The summed E-state index contributed by atoms with van der Waals surface area (Å²) < 4.78 is 5.03. The fraction of sp³-hybridized carbons (Fsp3) is 0.0417. The molecule has 3 aromatic rings. The third kappa shape index (κ3) is 6.04. The van der Waals surface area contributed by atoms with Gasteiger partial charge in [0.05, 0.1) is 13.3 Å². The van der Waals surface area contributed by atoms with Crippen LogP contribution in [0.25, 0.3) is 6.08 Å². The lowest BCUT2D eigenvalue weighted by molar-refractivity contribution is -0.117. The molecule has 0 spiro atoms. The van der Waals surface area contributed by atoms with Crippen LogP contribution in [0.4, 0.5) is 0 Å². The van der Waals surface area contributed by atoms with Crippen molar-refractivity contribution in [2.24, 2.45) is 5.10 Å². The van der Waals surface area contributed by atoms with Crippen LogP contribution < -0.4 is 15.5 Å². The molecule has 2 amide bonds. The molecule has 3 rings (SSSR count). The molecule has 0 aliphatic carbocycles. The monoisotopic (exact) mass is 415 g/mol. The van der Waals surface area contributed by atoms with E-state index < -0.39 is 11.8 Å². The van der Waals surface area contributed by atoms with Crippen molar-refractivity contribution in [2.75, 3.05) is 7.11 Å². The third-order valence-corrected chi connectivity index (χ3v) is 4.25. The van der Waals surface area contributed by atoms with E-state index in [9.17, 15) is 14.7 Å². The van der Waals surface area contributed by atoms with Crippen LogP contribution in [0, 0.1) is 0 Å². The first kappa shape index (κ1) is 21.3. The number of benzene rings is 3. The average molecular weight is 415 g/mol. The van der Waals surface area contributed by atoms with Crippen LogP contribution in [0.3, 0.4) is 0 Å². The van der Waals surface area contributed by atoms with Gasteiger partial charge in [-0.15, -0.1) is 0 Å². The average Bonchev–Trinajstić information content (AvgIpc) is 2.80. The Labute approximate surface area is 179 Å². The second-order valence-electron chi connectivity index (χ2n) is 6.41. The molecule has 0 radical (unpaired) electrons. The molecule has 0 bridgehead atoms. The molecule has 3 aromatic carbocycles. The van der Waals surface area contributed by atoms with Gasteiger partial charge in [0.2, 0.25) is 0 Å². The summed E-state index contributed by atoms with van der Waals surface area (Å²) in [5.41, 5.74) is 3.94. The Morgan fingerprint density at radius 3 is 2.29 bits per heavy atom. The van der Waals surface area contributed by atoms with Gasteiger partial charge in [-0.1, -0.05) is 48.5 Å². The Hall–Kier alpha value is -4.39. The normalized spacial score (nSPS) is 11.2. The first-order valence-corrected chi connectivity index (χ1v) is 9.40. The highest BCUT2D eigenvalue weighted by molar-refractivity contribution is 6.05. The third-order valence-electron chi connectivity index (χ3n) is 4.25. The predicted octanol–water partition coefficient (Wildman–Crippen LogP) is 3.32. The maximum atomic E-state index is 12.7. The number of phenolic OH excluding ortho intramolecular Hbond substituents is 1. The molecule has 0 aliphatic rings. The second-order valence-corrected chi connectivity index (χ2v) is 6.41. The molecule has 3 N–H and O–H groups in total. The van der Waals surface area contributed by atoms with Gasteiger partial charge in [0.1, 0.15) is 17.2 Å². The van der Waals surface area contributed by atoms with E-state index in [2.05, 4.69) is 15.8 Å². The molecular weight excluding hydrogens is 394 g/mol. The van der Waals surface area contributed by atoms with E-state index in [0.717, 1.165) is 5.56 Å². The smallest absolute Gasteiger partial charge is 0.287 e. The Bertz CT molecular complexity index is 1110. The van der Waals surface area contributed by atoms with E-state index in [1.807, 2.05) is 18.2 Å². The number of amides is 2. The molecule has 0 aliphatic heterocycles. The number of carbonyl (C=O) groups excluding carboxylic acids is 2. The number of hydrazone groups is 1. The van der Waals surface area contributed by atoms with E-state index in [1.165, 1.54) is 19.4 Å². The van der Waals surface area contributed by atoms with Crippen LogP contribution in [-0.4, -0.2) is 30.2 Å². The zero-order valence-corrected chi connectivity index (χ0v) is 16.8. The SMILES string of the molecule is COc1ccc(/C=N/NC(=O)C(=Cc2ccccc2)NC(=O)c2ccccc2)c(O)c1. The molecule has 0 heterocycles. The van der Waals surface area contributed by atoms with Crippen LogP contribution >= 0.6 is 0 Å². The molecule has 31 heavy (non-hydrogen) atoms. The largest absolute Gasteiger partial charge is 0.507 e. The van der Waals surface area contributed by atoms with E-state index in [1.54, 1.807) is 60.7 Å². The zero-order chi connectivity index (χ0) is 22.1. The van der Waals surface area contributed by atoms with Crippen molar-refractivity contribution in [3.8, 4) is 11.5 Å². The fourth-order valence-electron chi connectivity index (χ4n) is 2.64. The van der Waals surface area contributed by atoms with Gasteiger partial charge < -0.3 is 15.2 Å². The van der Waals surface area contributed by atoms with Crippen molar-refractivity contribution in [1.82, 2.24) is 10.7 Å². The number of carbonyl (C=O) groups is 2. The quantitative estimate of drug-likeness (QED) is 0.313. The number of hydrogen-bond donors (Lipinski definition) is 3. The highest BCUT2D eigenvalue weighted by atomic mass is 16.5. The van der Waals surface area contributed by atoms with Crippen molar-refractivity contribution in [2.45, 2.75) is 0 Å². The number of hydrogen-bond acceptors (Lipinski definition) is 5. The van der Waals surface area contributed by atoms with Gasteiger partial charge >= 0.3 is 0 Å². The van der Waals surface area contributed by atoms with Crippen molar-refractivity contribution < 1.29 is 19.4 Å². The lowest BCUT2D eigenvalue weighted by Gasteiger charge is -2.09. The molecule has 0 saturated heterocycles. The molecule has 0 fully saturated rings. The maximum absolute atomic E-state index is 12.7. The summed E-state index contributed by atoms with van der Waals surface area (Å²) in [6.45, 7) is 0. The zero-order valence-electron chi connectivity index (χ0n) is 16.8. The number of nitrogens with one attached hydrogen (secondary N) is 2. The summed E-state index contributed by atoms with van der Waals surface area (Å²) in [5.74, 6) is -0.586. The minimum absolute atomic E-state index is 0.0242. The fourth-order valence-corrected chi connectivity index (χ4v) is 2.64. The Balaban J connectivity index is 1.77. The van der Waals surface area contributed by atoms with E-state index in [0.29, 0.717) is 16.9 Å². The lowest BCUT2D eigenvalue weighted by atomic mass is 10.1. The standard InChI is InChI=1S/C24H21N3O4/c1-31-20-13-12-19(22(28)15-20)16-25-27-24(30)21(14-17-8-4-2-5-9-17)26-23(29)18-10-6-3-7-11-18/h2-16,28H,1H3,(H,26,29)(H,27,30)/b21-14?,25-16+. The van der Waals surface area contributed by atoms with Crippen LogP contribution in [0.2, 0.25) is 0 Å². The number of rotatable bonds is 7. The second kappa shape index (κ2) is 10.4. The highest BCUT2D eigenvalue weighted by Crippen LogP contribution is 2.21. The summed E-state index contributed by atoms with van der Waals surface area (Å²) in [5, 5.41) is 16.5. The minimum atomic E-state index is -0.614. The molecule has 0 unspecified atom stereocenters. The molecule has 7 heteroatoms. The number of aromatic hydroxyl groups is 1. The van der Waals surface area contributed by atoms with Gasteiger partial charge in [-0.05, 0) is 35.9 Å². The van der Waals surface area contributed by atoms with Crippen molar-refractivity contribution in [3.63, 3.8) is 0 Å². The molecule has 0 atom stereocenters. The molecule has 7 nitrogen and oxygen atoms in total. The van der Waals surface area contributed by atoms with Crippen molar-refractivity contribution in [1.29, 1.82) is 0 Å². The van der Waals surface area contributed by atoms with Crippen LogP contribution in [0.15, 0.2) is 89.7 Å². The van der Waals surface area contributed by atoms with E-state index >= 15 is 0 Å². The van der Waals surface area contributed by atoms with Crippen molar-refractivity contribution >= 4 is 24.1 Å². The molecule has 0 saturated carbocycles. The molecular formula is C24H21N3O4. The van der Waals surface area contributed by atoms with E-state index in [4.69, 9.17) is 4.74 Å². The van der Waals surface area contributed by atoms with Gasteiger partial charge in [0.25, 0.3) is 11.8 Å². The molecule has 156 valence electrons. The highest BCUT2D eigenvalue weighted by Gasteiger charge is 2.14. The topological polar surface area (TPSA) is 100 Å². The minimum Gasteiger partial charge on any atom is -0.507 e. The van der Waals surface area contributed by atoms with Gasteiger partial charge in [-0.3, -0.25) is 9.59 Å². The van der Waals surface area contributed by atoms with E-state index in [-0.39, 0.29) is 11.4 Å². The summed E-state index contributed by atoms with van der Waals surface area (Å²) in [6, 6.07) is 22.4. The lowest BCUT2D eigenvalue weighted by Crippen LogP contribution is -2.32. The van der Waals surface area contributed by atoms with Gasteiger partial charge in [0, 0.05) is 17.2 Å². The van der Waals surface area contributed by atoms with Gasteiger partial charge in [-0.2, -0.15) is 5.10 Å². The summed E-state index contributed by atoms with van der Waals surface area (Å²) in [7, 11) is 1.49. The number of phenols is 1.